The van der Waals surface area contributed by atoms with Crippen LogP contribution in [-0.2, 0) is 9.47 Å². The molecule has 2 nitrogen and oxygen atoms in total. The lowest BCUT2D eigenvalue weighted by Gasteiger charge is -2.41. The second-order valence-corrected chi connectivity index (χ2v) is 4.43. The predicted octanol–water partition coefficient (Wildman–Crippen LogP) is 2.56. The molecule has 12 heavy (non-hydrogen) atoms. The standard InChI is InChI=1S/C10H18O2/c1-7(2)9-10(4,5)6-11-8(3)12-9/h7,9H,3,6H2,1-2,4-5H3. The summed E-state index contributed by atoms with van der Waals surface area (Å²) < 4.78 is 10.8. The van der Waals surface area contributed by atoms with Crippen molar-refractivity contribution < 1.29 is 9.47 Å². The van der Waals surface area contributed by atoms with E-state index in [9.17, 15) is 0 Å². The van der Waals surface area contributed by atoms with Gasteiger partial charge < -0.3 is 9.47 Å². The zero-order chi connectivity index (χ0) is 9.35. The first-order chi connectivity index (χ1) is 5.43. The molecule has 0 saturated carbocycles. The van der Waals surface area contributed by atoms with Crippen LogP contribution in [0.4, 0.5) is 0 Å². The number of ether oxygens (including phenoxy) is 2. The minimum atomic E-state index is 0.0926. The van der Waals surface area contributed by atoms with E-state index in [2.05, 4.69) is 34.3 Å². The highest BCUT2D eigenvalue weighted by Gasteiger charge is 2.38. The summed E-state index contributed by atoms with van der Waals surface area (Å²) in [7, 11) is 0. The summed E-state index contributed by atoms with van der Waals surface area (Å²) in [4.78, 5) is 0. The summed E-state index contributed by atoms with van der Waals surface area (Å²) in [6, 6.07) is 0. The van der Waals surface area contributed by atoms with Gasteiger partial charge in [0.1, 0.15) is 12.7 Å². The third-order valence-corrected chi connectivity index (χ3v) is 2.24. The van der Waals surface area contributed by atoms with E-state index in [1.807, 2.05) is 0 Å². The fourth-order valence-electron chi connectivity index (χ4n) is 1.72. The molecule has 0 aromatic carbocycles. The van der Waals surface area contributed by atoms with E-state index in [4.69, 9.17) is 9.47 Å². The number of hydrogen-bond donors (Lipinski definition) is 0. The third kappa shape index (κ3) is 1.74. The molecule has 1 rings (SSSR count). The summed E-state index contributed by atoms with van der Waals surface area (Å²) in [5.74, 6) is 0.966. The van der Waals surface area contributed by atoms with E-state index in [1.165, 1.54) is 0 Å². The van der Waals surface area contributed by atoms with Crippen LogP contribution in [0.25, 0.3) is 0 Å². The molecule has 1 aliphatic rings. The van der Waals surface area contributed by atoms with Gasteiger partial charge in [-0.15, -0.1) is 0 Å². The third-order valence-electron chi connectivity index (χ3n) is 2.24. The van der Waals surface area contributed by atoms with Gasteiger partial charge in [-0.2, -0.15) is 0 Å². The maximum absolute atomic E-state index is 5.55. The quantitative estimate of drug-likeness (QED) is 0.602. The molecule has 1 atom stereocenters. The molecule has 0 N–H and O–H groups in total. The Labute approximate surface area is 74.6 Å². The molecular formula is C10H18O2. The number of hydrogen-bond acceptors (Lipinski definition) is 2. The van der Waals surface area contributed by atoms with E-state index >= 15 is 0 Å². The van der Waals surface area contributed by atoms with Crippen LogP contribution in [0.2, 0.25) is 0 Å². The second kappa shape index (κ2) is 3.00. The molecule has 1 saturated heterocycles. The van der Waals surface area contributed by atoms with Gasteiger partial charge in [-0.1, -0.05) is 27.7 Å². The molecule has 70 valence electrons. The lowest BCUT2D eigenvalue weighted by atomic mass is 9.81. The highest BCUT2D eigenvalue weighted by Crippen LogP contribution is 2.35. The molecule has 1 heterocycles. The monoisotopic (exact) mass is 170 g/mol. The Bertz CT molecular complexity index is 182. The highest BCUT2D eigenvalue weighted by atomic mass is 16.7. The van der Waals surface area contributed by atoms with E-state index in [0.29, 0.717) is 18.5 Å². The first kappa shape index (κ1) is 9.43. The summed E-state index contributed by atoms with van der Waals surface area (Å²) >= 11 is 0. The Morgan fingerprint density at radius 1 is 1.50 bits per heavy atom. The minimum Gasteiger partial charge on any atom is -0.465 e. The molecule has 0 aromatic rings. The Balaban J connectivity index is 2.72. The average molecular weight is 170 g/mol. The van der Waals surface area contributed by atoms with Gasteiger partial charge >= 0.3 is 0 Å². The zero-order valence-corrected chi connectivity index (χ0v) is 8.39. The van der Waals surface area contributed by atoms with Crippen LogP contribution in [0.1, 0.15) is 27.7 Å². The van der Waals surface area contributed by atoms with Crippen LogP contribution in [0, 0.1) is 11.3 Å². The van der Waals surface area contributed by atoms with E-state index in [0.717, 1.165) is 0 Å². The molecule has 1 fully saturated rings. The zero-order valence-electron chi connectivity index (χ0n) is 8.39. The van der Waals surface area contributed by atoms with Crippen molar-refractivity contribution in [3.05, 3.63) is 12.5 Å². The summed E-state index contributed by atoms with van der Waals surface area (Å²) in [5.41, 5.74) is 0.0926. The van der Waals surface area contributed by atoms with E-state index in [-0.39, 0.29) is 11.5 Å². The Hall–Kier alpha value is -0.660. The van der Waals surface area contributed by atoms with Crippen molar-refractivity contribution in [2.24, 2.45) is 11.3 Å². The van der Waals surface area contributed by atoms with Crippen LogP contribution < -0.4 is 0 Å². The van der Waals surface area contributed by atoms with E-state index in [1.54, 1.807) is 0 Å². The Morgan fingerprint density at radius 3 is 2.50 bits per heavy atom. The van der Waals surface area contributed by atoms with Crippen LogP contribution in [0.5, 0.6) is 0 Å². The molecule has 0 spiro atoms. The molecule has 1 aliphatic heterocycles. The molecule has 2 heteroatoms. The summed E-state index contributed by atoms with van der Waals surface area (Å²) in [6.07, 6.45) is 0.221. The molecule has 0 amide bonds. The SMILES string of the molecule is C=C1OCC(C)(C)C(C(C)C)O1. The van der Waals surface area contributed by atoms with Crippen LogP contribution in [0.15, 0.2) is 12.5 Å². The smallest absolute Gasteiger partial charge is 0.271 e. The van der Waals surface area contributed by atoms with Crippen LogP contribution >= 0.6 is 0 Å². The first-order valence-electron chi connectivity index (χ1n) is 4.42. The molecule has 0 aromatic heterocycles. The Morgan fingerprint density at radius 2 is 2.08 bits per heavy atom. The van der Waals surface area contributed by atoms with Crippen molar-refractivity contribution >= 4 is 0 Å². The molecule has 0 aliphatic carbocycles. The van der Waals surface area contributed by atoms with Gasteiger partial charge in [0, 0.05) is 5.41 Å². The number of rotatable bonds is 1. The van der Waals surface area contributed by atoms with Crippen molar-refractivity contribution in [1.29, 1.82) is 0 Å². The van der Waals surface area contributed by atoms with Crippen LogP contribution in [0.3, 0.4) is 0 Å². The van der Waals surface area contributed by atoms with Gasteiger partial charge in [0.05, 0.1) is 0 Å². The first-order valence-corrected chi connectivity index (χ1v) is 4.42. The van der Waals surface area contributed by atoms with Crippen molar-refractivity contribution in [1.82, 2.24) is 0 Å². The normalized spacial score (nSPS) is 28.1. The Kier molecular flexibility index (Phi) is 2.36. The van der Waals surface area contributed by atoms with Crippen molar-refractivity contribution in [2.45, 2.75) is 33.8 Å². The van der Waals surface area contributed by atoms with E-state index < -0.39 is 0 Å². The van der Waals surface area contributed by atoms with Gasteiger partial charge in [0.15, 0.2) is 0 Å². The van der Waals surface area contributed by atoms with Gasteiger partial charge in [0.25, 0.3) is 5.95 Å². The fraction of sp³-hybridized carbons (Fsp3) is 0.800. The van der Waals surface area contributed by atoms with Gasteiger partial charge in [-0.3, -0.25) is 0 Å². The lowest BCUT2D eigenvalue weighted by molar-refractivity contribution is -0.152. The van der Waals surface area contributed by atoms with Gasteiger partial charge in [0.2, 0.25) is 0 Å². The van der Waals surface area contributed by atoms with Crippen molar-refractivity contribution in [3.8, 4) is 0 Å². The van der Waals surface area contributed by atoms with Gasteiger partial charge in [-0.05, 0) is 12.5 Å². The molecule has 1 unspecified atom stereocenters. The maximum Gasteiger partial charge on any atom is 0.271 e. The summed E-state index contributed by atoms with van der Waals surface area (Å²) in [6.45, 7) is 13.0. The van der Waals surface area contributed by atoms with Crippen molar-refractivity contribution in [2.75, 3.05) is 6.61 Å². The lowest BCUT2D eigenvalue weighted by Crippen LogP contribution is -2.43. The molecule has 0 radical (unpaired) electrons. The molecule has 0 bridgehead atoms. The topological polar surface area (TPSA) is 18.5 Å². The maximum atomic E-state index is 5.55. The second-order valence-electron chi connectivity index (χ2n) is 4.43. The molecular weight excluding hydrogens is 152 g/mol. The largest absolute Gasteiger partial charge is 0.465 e. The minimum absolute atomic E-state index is 0.0926. The highest BCUT2D eigenvalue weighted by molar-refractivity contribution is 4.90. The van der Waals surface area contributed by atoms with Crippen molar-refractivity contribution in [3.63, 3.8) is 0 Å². The summed E-state index contributed by atoms with van der Waals surface area (Å²) in [5, 5.41) is 0. The predicted molar refractivity (Wildman–Crippen MR) is 48.6 cm³/mol. The van der Waals surface area contributed by atoms with Crippen LogP contribution in [-0.4, -0.2) is 12.7 Å². The fourth-order valence-corrected chi connectivity index (χ4v) is 1.72. The van der Waals surface area contributed by atoms with Gasteiger partial charge in [-0.25, -0.2) is 0 Å². The average Bonchev–Trinajstić information content (AvgIpc) is 1.94.